The van der Waals surface area contributed by atoms with Crippen molar-refractivity contribution >= 4 is 23.4 Å². The molecule has 0 aliphatic rings. The maximum Gasteiger partial charge on any atom is 0.277 e. The van der Waals surface area contributed by atoms with E-state index in [1.54, 1.807) is 12.3 Å². The summed E-state index contributed by atoms with van der Waals surface area (Å²) >= 11 is 1.44. The Morgan fingerprint density at radius 1 is 1.04 bits per heavy atom. The van der Waals surface area contributed by atoms with E-state index in [1.165, 1.54) is 11.8 Å². The van der Waals surface area contributed by atoms with Gasteiger partial charge in [-0.3, -0.25) is 4.79 Å². The Morgan fingerprint density at radius 3 is 2.54 bits per heavy atom. The van der Waals surface area contributed by atoms with Gasteiger partial charge in [-0.15, -0.1) is 10.2 Å². The molecule has 0 bridgehead atoms. The minimum atomic E-state index is -0.137. The number of anilines is 1. The first kappa shape index (κ1) is 18.1. The fourth-order valence-electron chi connectivity index (χ4n) is 2.61. The highest BCUT2D eigenvalue weighted by atomic mass is 32.2. The molecular formula is C21H17N3O3S. The standard InChI is InChI=1S/C21H17N3O3S/c1-14-18(11-12-26-14)20-23-24-21(27-20)28-13-15-7-9-16(10-8-15)19(25)22-17-5-3-2-4-6-17/h2-12H,13H2,1H3,(H,22,25). The predicted octanol–water partition coefficient (Wildman–Crippen LogP) is 5.18. The summed E-state index contributed by atoms with van der Waals surface area (Å²) in [6, 6.07) is 18.6. The minimum Gasteiger partial charge on any atom is -0.469 e. The van der Waals surface area contributed by atoms with Gasteiger partial charge in [0.1, 0.15) is 5.76 Å². The highest BCUT2D eigenvalue weighted by Crippen LogP contribution is 2.28. The number of amides is 1. The molecule has 2 aromatic carbocycles. The van der Waals surface area contributed by atoms with E-state index in [0.717, 1.165) is 22.6 Å². The van der Waals surface area contributed by atoms with Crippen molar-refractivity contribution in [3.63, 3.8) is 0 Å². The number of thioether (sulfide) groups is 1. The number of aromatic nitrogens is 2. The third-order valence-corrected chi connectivity index (χ3v) is 5.00. The quantitative estimate of drug-likeness (QED) is 0.456. The van der Waals surface area contributed by atoms with Crippen LogP contribution in [0.2, 0.25) is 0 Å². The fourth-order valence-corrected chi connectivity index (χ4v) is 3.32. The van der Waals surface area contributed by atoms with E-state index in [4.69, 9.17) is 8.83 Å². The van der Waals surface area contributed by atoms with Crippen LogP contribution in [0.5, 0.6) is 0 Å². The van der Waals surface area contributed by atoms with Crippen molar-refractivity contribution in [3.05, 3.63) is 83.8 Å². The van der Waals surface area contributed by atoms with E-state index >= 15 is 0 Å². The van der Waals surface area contributed by atoms with Gasteiger partial charge in [0.15, 0.2) is 0 Å². The van der Waals surface area contributed by atoms with E-state index in [0.29, 0.717) is 22.4 Å². The van der Waals surface area contributed by atoms with Crippen LogP contribution < -0.4 is 5.32 Å². The molecule has 6 nitrogen and oxygen atoms in total. The first-order valence-corrected chi connectivity index (χ1v) is 9.64. The molecule has 1 N–H and O–H groups in total. The zero-order valence-corrected chi connectivity index (χ0v) is 15.9. The summed E-state index contributed by atoms with van der Waals surface area (Å²) in [5.74, 6) is 1.71. The van der Waals surface area contributed by atoms with Crippen LogP contribution in [0.25, 0.3) is 11.5 Å². The Kier molecular flexibility index (Phi) is 5.25. The molecule has 4 rings (SSSR count). The average Bonchev–Trinajstić information content (AvgIpc) is 3.36. The Bertz CT molecular complexity index is 1070. The summed E-state index contributed by atoms with van der Waals surface area (Å²) in [5.41, 5.74) is 3.23. The van der Waals surface area contributed by atoms with Gasteiger partial charge in [0.2, 0.25) is 0 Å². The lowest BCUT2D eigenvalue weighted by molar-refractivity contribution is 0.102. The molecule has 7 heteroatoms. The summed E-state index contributed by atoms with van der Waals surface area (Å²) < 4.78 is 10.9. The van der Waals surface area contributed by atoms with Gasteiger partial charge >= 0.3 is 0 Å². The second-order valence-corrected chi connectivity index (χ2v) is 7.00. The number of hydrogen-bond donors (Lipinski definition) is 1. The zero-order chi connectivity index (χ0) is 19.3. The van der Waals surface area contributed by atoms with Crippen molar-refractivity contribution in [3.8, 4) is 11.5 Å². The second kappa shape index (κ2) is 8.14. The molecule has 0 atom stereocenters. The number of para-hydroxylation sites is 1. The van der Waals surface area contributed by atoms with Gasteiger partial charge in [0, 0.05) is 17.0 Å². The molecule has 2 heterocycles. The number of hydrogen-bond acceptors (Lipinski definition) is 6. The fraction of sp³-hybridized carbons (Fsp3) is 0.0952. The molecule has 0 spiro atoms. The van der Waals surface area contributed by atoms with Crippen molar-refractivity contribution in [2.75, 3.05) is 5.32 Å². The maximum atomic E-state index is 12.3. The summed E-state index contributed by atoms with van der Waals surface area (Å²) in [5, 5.41) is 11.5. The van der Waals surface area contributed by atoms with Crippen LogP contribution in [0.3, 0.4) is 0 Å². The molecule has 140 valence electrons. The van der Waals surface area contributed by atoms with Crippen LogP contribution in [-0.4, -0.2) is 16.1 Å². The molecule has 0 radical (unpaired) electrons. The monoisotopic (exact) mass is 391 g/mol. The zero-order valence-electron chi connectivity index (χ0n) is 15.1. The van der Waals surface area contributed by atoms with E-state index in [-0.39, 0.29) is 5.91 Å². The van der Waals surface area contributed by atoms with Crippen molar-refractivity contribution in [1.29, 1.82) is 0 Å². The Morgan fingerprint density at radius 2 is 1.82 bits per heavy atom. The lowest BCUT2D eigenvalue weighted by Crippen LogP contribution is -2.11. The molecule has 0 aliphatic carbocycles. The first-order valence-electron chi connectivity index (χ1n) is 8.65. The molecule has 0 saturated carbocycles. The highest BCUT2D eigenvalue weighted by Gasteiger charge is 2.13. The highest BCUT2D eigenvalue weighted by molar-refractivity contribution is 7.98. The SMILES string of the molecule is Cc1occc1-c1nnc(SCc2ccc(C(=O)Nc3ccccc3)cc2)o1. The number of rotatable bonds is 6. The summed E-state index contributed by atoms with van der Waals surface area (Å²) in [6.07, 6.45) is 1.59. The molecular weight excluding hydrogens is 374 g/mol. The van der Waals surface area contributed by atoms with Gasteiger partial charge < -0.3 is 14.2 Å². The molecule has 1 amide bonds. The normalized spacial score (nSPS) is 10.8. The van der Waals surface area contributed by atoms with Crippen LogP contribution in [-0.2, 0) is 5.75 Å². The molecule has 0 fully saturated rings. The topological polar surface area (TPSA) is 81.2 Å². The number of carbonyl (C=O) groups excluding carboxylic acids is 1. The van der Waals surface area contributed by atoms with Crippen LogP contribution in [0, 0.1) is 6.92 Å². The number of furan rings is 1. The third-order valence-electron chi connectivity index (χ3n) is 4.11. The lowest BCUT2D eigenvalue weighted by atomic mass is 10.1. The lowest BCUT2D eigenvalue weighted by Gasteiger charge is -2.05. The van der Waals surface area contributed by atoms with Gasteiger partial charge in [-0.1, -0.05) is 42.1 Å². The largest absolute Gasteiger partial charge is 0.469 e. The van der Waals surface area contributed by atoms with Gasteiger partial charge in [0.25, 0.3) is 17.0 Å². The summed E-state index contributed by atoms with van der Waals surface area (Å²) in [7, 11) is 0. The van der Waals surface area contributed by atoms with Crippen LogP contribution in [0.15, 0.2) is 81.0 Å². The van der Waals surface area contributed by atoms with Crippen molar-refractivity contribution in [2.45, 2.75) is 17.9 Å². The van der Waals surface area contributed by atoms with E-state index in [9.17, 15) is 4.79 Å². The van der Waals surface area contributed by atoms with Crippen LogP contribution in [0.4, 0.5) is 5.69 Å². The van der Waals surface area contributed by atoms with Crippen LogP contribution in [0.1, 0.15) is 21.7 Å². The molecule has 0 aliphatic heterocycles. The summed E-state index contributed by atoms with van der Waals surface area (Å²) in [4.78, 5) is 12.3. The first-order chi connectivity index (χ1) is 13.7. The number of aryl methyl sites for hydroxylation is 1. The van der Waals surface area contributed by atoms with Crippen LogP contribution >= 0.6 is 11.8 Å². The summed E-state index contributed by atoms with van der Waals surface area (Å²) in [6.45, 7) is 1.85. The molecule has 28 heavy (non-hydrogen) atoms. The molecule has 0 unspecified atom stereocenters. The Labute approximate surface area is 166 Å². The van der Waals surface area contributed by atoms with Gasteiger partial charge in [-0.05, 0) is 42.8 Å². The number of benzene rings is 2. The Hall–Kier alpha value is -3.32. The smallest absolute Gasteiger partial charge is 0.277 e. The Balaban J connectivity index is 1.35. The van der Waals surface area contributed by atoms with E-state index < -0.39 is 0 Å². The number of carbonyl (C=O) groups is 1. The van der Waals surface area contributed by atoms with Gasteiger partial charge in [-0.2, -0.15) is 0 Å². The van der Waals surface area contributed by atoms with Crippen molar-refractivity contribution in [1.82, 2.24) is 10.2 Å². The van der Waals surface area contributed by atoms with Crippen molar-refractivity contribution in [2.24, 2.45) is 0 Å². The van der Waals surface area contributed by atoms with Crippen molar-refractivity contribution < 1.29 is 13.6 Å². The molecule has 0 saturated heterocycles. The average molecular weight is 391 g/mol. The maximum absolute atomic E-state index is 12.3. The van der Waals surface area contributed by atoms with E-state index in [1.807, 2.05) is 61.5 Å². The van der Waals surface area contributed by atoms with E-state index in [2.05, 4.69) is 15.5 Å². The third kappa shape index (κ3) is 4.15. The number of nitrogens with one attached hydrogen (secondary N) is 1. The minimum absolute atomic E-state index is 0.137. The number of nitrogens with zero attached hydrogens (tertiary/aromatic N) is 2. The van der Waals surface area contributed by atoms with Gasteiger partial charge in [0.05, 0.1) is 11.8 Å². The molecule has 2 aromatic heterocycles. The second-order valence-electron chi connectivity index (χ2n) is 6.07. The molecule has 4 aromatic rings. The predicted molar refractivity (Wildman–Crippen MR) is 107 cm³/mol. The van der Waals surface area contributed by atoms with Gasteiger partial charge in [-0.25, -0.2) is 0 Å².